The predicted molar refractivity (Wildman–Crippen MR) is 128 cm³/mol. The molecule has 0 heterocycles. The van der Waals surface area contributed by atoms with E-state index in [1.54, 1.807) is 12.1 Å². The fourth-order valence-electron chi connectivity index (χ4n) is 3.34. The molecule has 3 aromatic carbocycles. The molecule has 3 aromatic rings. The quantitative estimate of drug-likeness (QED) is 0.278. The first-order valence-electron chi connectivity index (χ1n) is 10.7. The summed E-state index contributed by atoms with van der Waals surface area (Å²) in [5.74, 6) is -0.143. The summed E-state index contributed by atoms with van der Waals surface area (Å²) in [5, 5.41) is 9.29. The summed E-state index contributed by atoms with van der Waals surface area (Å²) >= 11 is 0. The van der Waals surface area contributed by atoms with E-state index in [2.05, 4.69) is 55.1 Å². The normalized spacial score (nSPS) is 12.1. The molecule has 0 radical (unpaired) electrons. The Morgan fingerprint density at radius 2 is 1.52 bits per heavy atom. The molecule has 0 spiro atoms. The molecule has 3 rings (SSSR count). The van der Waals surface area contributed by atoms with E-state index in [-0.39, 0.29) is 24.3 Å². The SMILES string of the molecule is C=CCOc1ccc(-c2ccc(-c3ccc(/C=C/CCCC(C)O)cc3)cc2)cc1F. The molecule has 0 fully saturated rings. The molecule has 1 atom stereocenters. The number of halogens is 1. The zero-order valence-electron chi connectivity index (χ0n) is 17.9. The third-order valence-corrected chi connectivity index (χ3v) is 5.05. The van der Waals surface area contributed by atoms with Gasteiger partial charge in [0.15, 0.2) is 11.6 Å². The average Bonchev–Trinajstić information content (AvgIpc) is 2.78. The van der Waals surface area contributed by atoms with Crippen molar-refractivity contribution >= 4 is 6.08 Å². The number of unbranched alkanes of at least 4 members (excludes halogenated alkanes) is 1. The van der Waals surface area contributed by atoms with Gasteiger partial charge in [0.25, 0.3) is 0 Å². The number of hydrogen-bond acceptors (Lipinski definition) is 2. The van der Waals surface area contributed by atoms with Crippen LogP contribution in [0.15, 0.2) is 85.5 Å². The fourth-order valence-corrected chi connectivity index (χ4v) is 3.34. The molecule has 0 saturated carbocycles. The summed E-state index contributed by atoms with van der Waals surface area (Å²) in [5.41, 5.74) is 5.17. The van der Waals surface area contributed by atoms with E-state index >= 15 is 0 Å². The molecule has 31 heavy (non-hydrogen) atoms. The molecule has 0 aliphatic rings. The fraction of sp³-hybridized carbons (Fsp3) is 0.214. The minimum Gasteiger partial charge on any atom is -0.486 e. The smallest absolute Gasteiger partial charge is 0.165 e. The second kappa shape index (κ2) is 11.3. The van der Waals surface area contributed by atoms with Crippen molar-refractivity contribution in [2.24, 2.45) is 0 Å². The Hall–Kier alpha value is -3.17. The van der Waals surface area contributed by atoms with Gasteiger partial charge in [0.05, 0.1) is 6.10 Å². The molecule has 0 bridgehead atoms. The van der Waals surface area contributed by atoms with Gasteiger partial charge in [-0.2, -0.15) is 0 Å². The maximum atomic E-state index is 14.2. The van der Waals surface area contributed by atoms with E-state index in [1.807, 2.05) is 25.1 Å². The van der Waals surface area contributed by atoms with Crippen LogP contribution in [0.1, 0.15) is 31.7 Å². The van der Waals surface area contributed by atoms with Crippen LogP contribution in [0.4, 0.5) is 4.39 Å². The maximum absolute atomic E-state index is 14.2. The highest BCUT2D eigenvalue weighted by molar-refractivity contribution is 5.71. The van der Waals surface area contributed by atoms with Crippen molar-refractivity contribution in [2.75, 3.05) is 6.61 Å². The summed E-state index contributed by atoms with van der Waals surface area (Å²) < 4.78 is 19.5. The molecule has 3 heteroatoms. The van der Waals surface area contributed by atoms with Crippen LogP contribution in [-0.2, 0) is 0 Å². The largest absolute Gasteiger partial charge is 0.486 e. The maximum Gasteiger partial charge on any atom is 0.165 e. The Morgan fingerprint density at radius 1 is 0.935 bits per heavy atom. The van der Waals surface area contributed by atoms with Crippen LogP contribution in [0.3, 0.4) is 0 Å². The van der Waals surface area contributed by atoms with E-state index < -0.39 is 0 Å². The highest BCUT2D eigenvalue weighted by Gasteiger charge is 2.06. The van der Waals surface area contributed by atoms with Gasteiger partial charge in [0, 0.05) is 0 Å². The highest BCUT2D eigenvalue weighted by Crippen LogP contribution is 2.28. The number of hydrogen-bond donors (Lipinski definition) is 1. The van der Waals surface area contributed by atoms with E-state index in [4.69, 9.17) is 4.74 Å². The molecule has 1 N–H and O–H groups in total. The predicted octanol–water partition coefficient (Wildman–Crippen LogP) is 7.29. The van der Waals surface area contributed by atoms with Crippen molar-refractivity contribution in [3.05, 3.63) is 96.8 Å². The standard InChI is InChI=1S/C28H29FO2/c1-3-19-31-28-18-17-26(20-27(28)29)25-15-13-24(14-16-25)23-11-9-22(10-12-23)8-6-4-5-7-21(2)30/h3,6,8-18,20-21,30H,1,4-5,7,19H2,2H3/b8-6+. The van der Waals surface area contributed by atoms with E-state index in [0.717, 1.165) is 47.1 Å². The summed E-state index contributed by atoms with van der Waals surface area (Å²) in [6, 6.07) is 21.5. The molecular formula is C28H29FO2. The Kier molecular flexibility index (Phi) is 8.19. The van der Waals surface area contributed by atoms with Gasteiger partial charge in [0.1, 0.15) is 6.61 Å². The van der Waals surface area contributed by atoms with Crippen molar-refractivity contribution in [2.45, 2.75) is 32.3 Å². The molecular weight excluding hydrogens is 387 g/mol. The van der Waals surface area contributed by atoms with Crippen LogP contribution in [0.2, 0.25) is 0 Å². The van der Waals surface area contributed by atoms with Crippen LogP contribution < -0.4 is 4.74 Å². The van der Waals surface area contributed by atoms with Crippen LogP contribution in [-0.4, -0.2) is 17.8 Å². The highest BCUT2D eigenvalue weighted by atomic mass is 19.1. The van der Waals surface area contributed by atoms with E-state index in [0.29, 0.717) is 0 Å². The zero-order valence-corrected chi connectivity index (χ0v) is 17.9. The van der Waals surface area contributed by atoms with Crippen LogP contribution >= 0.6 is 0 Å². The lowest BCUT2D eigenvalue weighted by Gasteiger charge is -2.08. The zero-order chi connectivity index (χ0) is 22.1. The number of ether oxygens (including phenoxy) is 1. The first kappa shape index (κ1) is 22.5. The van der Waals surface area contributed by atoms with Gasteiger partial charge in [-0.15, -0.1) is 0 Å². The first-order chi connectivity index (χ1) is 15.1. The van der Waals surface area contributed by atoms with Gasteiger partial charge < -0.3 is 9.84 Å². The number of allylic oxidation sites excluding steroid dienone is 1. The molecule has 2 nitrogen and oxygen atoms in total. The Labute approximate surface area is 184 Å². The minimum absolute atomic E-state index is 0.228. The van der Waals surface area contributed by atoms with Gasteiger partial charge in [-0.25, -0.2) is 4.39 Å². The van der Waals surface area contributed by atoms with Gasteiger partial charge in [-0.1, -0.05) is 79.4 Å². The van der Waals surface area contributed by atoms with Crippen LogP contribution in [0.5, 0.6) is 5.75 Å². The molecule has 0 aliphatic heterocycles. The lowest BCUT2D eigenvalue weighted by molar-refractivity contribution is 0.182. The number of aliphatic hydroxyl groups excluding tert-OH is 1. The van der Waals surface area contributed by atoms with Crippen molar-refractivity contribution in [1.82, 2.24) is 0 Å². The van der Waals surface area contributed by atoms with Gasteiger partial charge in [-0.05, 0) is 66.1 Å². The van der Waals surface area contributed by atoms with Crippen molar-refractivity contribution in [3.63, 3.8) is 0 Å². The molecule has 0 saturated heterocycles. The molecule has 160 valence electrons. The third kappa shape index (κ3) is 6.66. The Bertz CT molecular complexity index is 1000. The Morgan fingerprint density at radius 3 is 2.10 bits per heavy atom. The van der Waals surface area contributed by atoms with Gasteiger partial charge >= 0.3 is 0 Å². The van der Waals surface area contributed by atoms with Crippen molar-refractivity contribution in [1.29, 1.82) is 0 Å². The summed E-state index contributed by atoms with van der Waals surface area (Å²) in [6.45, 7) is 5.68. The van der Waals surface area contributed by atoms with Crippen molar-refractivity contribution < 1.29 is 14.2 Å². The molecule has 0 amide bonds. The monoisotopic (exact) mass is 416 g/mol. The number of rotatable bonds is 10. The lowest BCUT2D eigenvalue weighted by atomic mass is 9.99. The van der Waals surface area contributed by atoms with Gasteiger partial charge in [0.2, 0.25) is 0 Å². The van der Waals surface area contributed by atoms with E-state index in [1.165, 1.54) is 6.07 Å². The number of benzene rings is 3. The molecule has 0 aromatic heterocycles. The minimum atomic E-state index is -0.377. The molecule has 0 aliphatic carbocycles. The second-order valence-corrected chi connectivity index (χ2v) is 7.63. The topological polar surface area (TPSA) is 29.5 Å². The van der Waals surface area contributed by atoms with E-state index in [9.17, 15) is 9.50 Å². The van der Waals surface area contributed by atoms with Crippen LogP contribution in [0.25, 0.3) is 28.3 Å². The van der Waals surface area contributed by atoms with Crippen LogP contribution in [0, 0.1) is 5.82 Å². The summed E-state index contributed by atoms with van der Waals surface area (Å²) in [7, 11) is 0. The lowest BCUT2D eigenvalue weighted by Crippen LogP contribution is -1.97. The van der Waals surface area contributed by atoms with Crippen molar-refractivity contribution in [3.8, 4) is 28.0 Å². The summed E-state index contributed by atoms with van der Waals surface area (Å²) in [6.07, 6.45) is 8.43. The number of aliphatic hydroxyl groups is 1. The second-order valence-electron chi connectivity index (χ2n) is 7.63. The molecule has 1 unspecified atom stereocenters. The first-order valence-corrected chi connectivity index (χ1v) is 10.7. The third-order valence-electron chi connectivity index (χ3n) is 5.05. The Balaban J connectivity index is 1.64. The van der Waals surface area contributed by atoms with Gasteiger partial charge in [-0.3, -0.25) is 0 Å². The average molecular weight is 417 g/mol. The summed E-state index contributed by atoms with van der Waals surface area (Å²) in [4.78, 5) is 0.